The second kappa shape index (κ2) is 6.53. The van der Waals surface area contributed by atoms with Crippen LogP contribution < -0.4 is 4.74 Å². The summed E-state index contributed by atoms with van der Waals surface area (Å²) in [6.45, 7) is 1.09. The number of carbonyl (C=O) groups excluding carboxylic acids is 3. The van der Waals surface area contributed by atoms with Crippen molar-refractivity contribution in [3.8, 4) is 11.5 Å². The lowest BCUT2D eigenvalue weighted by molar-refractivity contribution is -0.135. The highest BCUT2D eigenvalue weighted by atomic mass is 16.6. The van der Waals surface area contributed by atoms with Crippen molar-refractivity contribution in [1.82, 2.24) is 0 Å². The summed E-state index contributed by atoms with van der Waals surface area (Å²) in [6, 6.07) is 11.7. The Kier molecular flexibility index (Phi) is 4.53. The van der Waals surface area contributed by atoms with Gasteiger partial charge in [0.2, 0.25) is 0 Å². The lowest BCUT2D eigenvalue weighted by Crippen LogP contribution is -2.14. The molecular weight excluding hydrogens is 288 g/mol. The molecule has 0 spiro atoms. The van der Waals surface area contributed by atoms with Crippen LogP contribution in [0, 0.1) is 0 Å². The number of ether oxygens (including phenoxy) is 2. The van der Waals surface area contributed by atoms with E-state index in [1.165, 1.54) is 30.3 Å². The number of phenolic OH excluding ortho intramolecular Hbond substituents is 1. The van der Waals surface area contributed by atoms with Gasteiger partial charge in [-0.05, 0) is 24.3 Å². The molecule has 0 aliphatic rings. The van der Waals surface area contributed by atoms with Crippen LogP contribution in [0.1, 0.15) is 27.6 Å². The third kappa shape index (κ3) is 3.49. The summed E-state index contributed by atoms with van der Waals surface area (Å²) in [6.07, 6.45) is 0. The summed E-state index contributed by atoms with van der Waals surface area (Å²) in [7, 11) is 0. The van der Waals surface area contributed by atoms with E-state index >= 15 is 0 Å². The average Bonchev–Trinajstić information content (AvgIpc) is 2.47. The summed E-state index contributed by atoms with van der Waals surface area (Å²) in [5, 5.41) is 9.62. The number of phenols is 1. The molecule has 0 unspecified atom stereocenters. The topological polar surface area (TPSA) is 89.9 Å². The Labute approximate surface area is 125 Å². The highest BCUT2D eigenvalue weighted by Gasteiger charge is 2.19. The number of benzene rings is 2. The molecule has 0 heterocycles. The van der Waals surface area contributed by atoms with Crippen molar-refractivity contribution in [2.75, 3.05) is 0 Å². The molecule has 0 radical (unpaired) electrons. The molecule has 0 aromatic heterocycles. The zero-order chi connectivity index (χ0) is 16.1. The van der Waals surface area contributed by atoms with Crippen molar-refractivity contribution in [1.29, 1.82) is 0 Å². The van der Waals surface area contributed by atoms with E-state index in [2.05, 4.69) is 4.74 Å². The Bertz CT molecular complexity index is 735. The van der Waals surface area contributed by atoms with Gasteiger partial charge >= 0.3 is 17.9 Å². The molecular formula is C16H12O6. The van der Waals surface area contributed by atoms with Gasteiger partial charge in [0.05, 0.1) is 0 Å². The number of hydrogen-bond donors (Lipinski definition) is 1. The van der Waals surface area contributed by atoms with Gasteiger partial charge in [-0.15, -0.1) is 0 Å². The normalized spacial score (nSPS) is 9.86. The van der Waals surface area contributed by atoms with E-state index in [-0.39, 0.29) is 22.6 Å². The molecule has 112 valence electrons. The Morgan fingerprint density at radius 1 is 0.864 bits per heavy atom. The fraction of sp³-hybridized carbons (Fsp3) is 0.0625. The number of rotatable bonds is 3. The summed E-state index contributed by atoms with van der Waals surface area (Å²) >= 11 is 0. The third-order valence-electron chi connectivity index (χ3n) is 2.67. The van der Waals surface area contributed by atoms with Gasteiger partial charge in [-0.1, -0.05) is 24.3 Å². The van der Waals surface area contributed by atoms with E-state index in [9.17, 15) is 19.5 Å². The minimum absolute atomic E-state index is 0.0442. The van der Waals surface area contributed by atoms with Gasteiger partial charge in [0.15, 0.2) is 0 Å². The maximum Gasteiger partial charge on any atom is 0.349 e. The first-order valence-corrected chi connectivity index (χ1v) is 6.31. The molecule has 2 rings (SSSR count). The van der Waals surface area contributed by atoms with Crippen LogP contribution >= 0.6 is 0 Å². The molecule has 6 nitrogen and oxygen atoms in total. The summed E-state index contributed by atoms with van der Waals surface area (Å²) in [4.78, 5) is 34.7. The molecule has 6 heteroatoms. The van der Waals surface area contributed by atoms with Crippen LogP contribution in [0.15, 0.2) is 48.5 Å². The molecule has 0 aliphatic carbocycles. The van der Waals surface area contributed by atoms with Crippen molar-refractivity contribution in [3.63, 3.8) is 0 Å². The van der Waals surface area contributed by atoms with E-state index in [1.54, 1.807) is 18.2 Å². The molecule has 0 fully saturated rings. The molecule has 0 amide bonds. The quantitative estimate of drug-likeness (QED) is 0.531. The lowest BCUT2D eigenvalue weighted by Gasteiger charge is -2.09. The van der Waals surface area contributed by atoms with Crippen LogP contribution in [0.4, 0.5) is 0 Å². The zero-order valence-corrected chi connectivity index (χ0v) is 11.6. The maximum absolute atomic E-state index is 12.0. The Morgan fingerprint density at radius 2 is 1.45 bits per heavy atom. The van der Waals surface area contributed by atoms with Crippen LogP contribution in [0.25, 0.3) is 0 Å². The number of aromatic hydroxyl groups is 1. The van der Waals surface area contributed by atoms with E-state index in [1.807, 2.05) is 0 Å². The molecule has 22 heavy (non-hydrogen) atoms. The highest BCUT2D eigenvalue weighted by Crippen LogP contribution is 2.23. The van der Waals surface area contributed by atoms with Gasteiger partial charge in [0, 0.05) is 6.92 Å². The third-order valence-corrected chi connectivity index (χ3v) is 2.67. The molecule has 0 saturated heterocycles. The lowest BCUT2D eigenvalue weighted by atomic mass is 10.2. The highest BCUT2D eigenvalue weighted by molar-refractivity contribution is 6.00. The minimum atomic E-state index is -0.923. The van der Waals surface area contributed by atoms with Crippen LogP contribution in [0.2, 0.25) is 0 Å². The van der Waals surface area contributed by atoms with Crippen molar-refractivity contribution < 1.29 is 29.0 Å². The summed E-state index contributed by atoms with van der Waals surface area (Å²) in [5.74, 6) is -2.83. The Hall–Kier alpha value is -3.15. The van der Waals surface area contributed by atoms with Crippen LogP contribution in [0.5, 0.6) is 11.5 Å². The van der Waals surface area contributed by atoms with Crippen molar-refractivity contribution in [3.05, 3.63) is 59.7 Å². The number of esters is 3. The molecule has 1 N–H and O–H groups in total. The van der Waals surface area contributed by atoms with Gasteiger partial charge in [0.25, 0.3) is 0 Å². The number of para-hydroxylation sites is 2. The predicted octanol–water partition coefficient (Wildman–Crippen LogP) is 2.31. The van der Waals surface area contributed by atoms with E-state index in [0.717, 1.165) is 6.92 Å². The molecule has 0 saturated carbocycles. The van der Waals surface area contributed by atoms with Gasteiger partial charge in [-0.2, -0.15) is 0 Å². The molecule has 2 aromatic carbocycles. The van der Waals surface area contributed by atoms with Crippen LogP contribution in [-0.2, 0) is 9.53 Å². The average molecular weight is 300 g/mol. The standard InChI is InChI=1S/C16H12O6/c1-10(17)21-16(20)12-7-3-5-9-14(12)22-15(19)11-6-2-4-8-13(11)18/h2-9,18H,1H3. The number of hydrogen-bond acceptors (Lipinski definition) is 6. The van der Waals surface area contributed by atoms with Gasteiger partial charge in [0.1, 0.15) is 22.6 Å². The monoisotopic (exact) mass is 300 g/mol. The molecule has 0 atom stereocenters. The van der Waals surface area contributed by atoms with E-state index in [4.69, 9.17) is 4.74 Å². The van der Waals surface area contributed by atoms with E-state index < -0.39 is 17.9 Å². The summed E-state index contributed by atoms with van der Waals surface area (Å²) in [5.41, 5.74) is -0.112. The molecule has 2 aromatic rings. The second-order valence-electron chi connectivity index (χ2n) is 4.28. The smallest absolute Gasteiger partial charge is 0.349 e. The fourth-order valence-corrected chi connectivity index (χ4v) is 1.71. The van der Waals surface area contributed by atoms with E-state index in [0.29, 0.717) is 0 Å². The Balaban J connectivity index is 2.27. The van der Waals surface area contributed by atoms with Crippen molar-refractivity contribution in [2.45, 2.75) is 6.92 Å². The predicted molar refractivity (Wildman–Crippen MR) is 75.6 cm³/mol. The second-order valence-corrected chi connectivity index (χ2v) is 4.28. The first-order valence-electron chi connectivity index (χ1n) is 6.31. The van der Waals surface area contributed by atoms with Gasteiger partial charge < -0.3 is 14.6 Å². The number of carbonyl (C=O) groups is 3. The molecule has 0 aliphatic heterocycles. The zero-order valence-electron chi connectivity index (χ0n) is 11.6. The van der Waals surface area contributed by atoms with Gasteiger partial charge in [-0.25, -0.2) is 9.59 Å². The summed E-state index contributed by atoms with van der Waals surface area (Å²) < 4.78 is 9.57. The SMILES string of the molecule is CC(=O)OC(=O)c1ccccc1OC(=O)c1ccccc1O. The van der Waals surface area contributed by atoms with Gasteiger partial charge in [-0.3, -0.25) is 4.79 Å². The fourth-order valence-electron chi connectivity index (χ4n) is 1.71. The first-order chi connectivity index (χ1) is 10.5. The Morgan fingerprint density at radius 3 is 2.09 bits per heavy atom. The van der Waals surface area contributed by atoms with Crippen LogP contribution in [-0.4, -0.2) is 23.0 Å². The first kappa shape index (κ1) is 15.2. The largest absolute Gasteiger partial charge is 0.507 e. The molecule has 0 bridgehead atoms. The van der Waals surface area contributed by atoms with Crippen LogP contribution in [0.3, 0.4) is 0 Å². The minimum Gasteiger partial charge on any atom is -0.507 e. The van der Waals surface area contributed by atoms with Crippen molar-refractivity contribution >= 4 is 17.9 Å². The van der Waals surface area contributed by atoms with Crippen molar-refractivity contribution in [2.24, 2.45) is 0 Å². The maximum atomic E-state index is 12.0.